The van der Waals surface area contributed by atoms with Gasteiger partial charge in [-0.25, -0.2) is 0 Å². The predicted octanol–water partition coefficient (Wildman–Crippen LogP) is -0.175. The van der Waals surface area contributed by atoms with Crippen LogP contribution in [0.15, 0.2) is 18.3 Å². The number of carbonyl (C=O) groups excluding carboxylic acids is 1. The van der Waals surface area contributed by atoms with Gasteiger partial charge in [-0.05, 0) is 12.1 Å². The minimum absolute atomic E-state index is 0.0297. The number of hydrogen-bond acceptors (Lipinski definition) is 3. The maximum atomic E-state index is 12.2. The Morgan fingerprint density at radius 1 is 1.69 bits per heavy atom. The Labute approximate surface area is 94.8 Å². The molecule has 0 aliphatic carbocycles. The highest BCUT2D eigenvalue weighted by atomic mass is 16.5. The highest BCUT2D eigenvalue weighted by Gasteiger charge is 2.25. The third-order valence-electron chi connectivity index (χ3n) is 2.85. The molecule has 1 atom stereocenters. The number of amides is 1. The van der Waals surface area contributed by atoms with Crippen molar-refractivity contribution in [3.63, 3.8) is 0 Å². The minimum atomic E-state index is -0.0297. The zero-order chi connectivity index (χ0) is 11.5. The van der Waals surface area contributed by atoms with Gasteiger partial charge in [0.1, 0.15) is 5.69 Å². The summed E-state index contributed by atoms with van der Waals surface area (Å²) in [5.74, 6) is 0.0502. The molecule has 2 rings (SSSR count). The van der Waals surface area contributed by atoms with Crippen molar-refractivity contribution in [3.05, 3.63) is 24.0 Å². The molecule has 16 heavy (non-hydrogen) atoms. The maximum Gasteiger partial charge on any atom is 0.270 e. The number of nitrogens with zero attached hydrogens (tertiary/aromatic N) is 2. The molecule has 0 spiro atoms. The first-order valence-corrected chi connectivity index (χ1v) is 5.44. The topological polar surface area (TPSA) is 60.5 Å². The van der Waals surface area contributed by atoms with E-state index in [1.165, 1.54) is 0 Å². The lowest BCUT2D eigenvalue weighted by Gasteiger charge is -2.32. The zero-order valence-electron chi connectivity index (χ0n) is 9.43. The maximum absolute atomic E-state index is 12.2. The second kappa shape index (κ2) is 4.67. The van der Waals surface area contributed by atoms with Crippen LogP contribution in [-0.2, 0) is 11.8 Å². The third-order valence-corrected chi connectivity index (χ3v) is 2.85. The molecule has 2 heterocycles. The summed E-state index contributed by atoms with van der Waals surface area (Å²) in [6, 6.07) is 3.70. The van der Waals surface area contributed by atoms with E-state index in [1.807, 2.05) is 29.9 Å². The fourth-order valence-corrected chi connectivity index (χ4v) is 1.89. The molecule has 1 aromatic heterocycles. The Balaban J connectivity index is 2.07. The van der Waals surface area contributed by atoms with Gasteiger partial charge in [0.2, 0.25) is 0 Å². The van der Waals surface area contributed by atoms with Crippen LogP contribution in [-0.4, -0.2) is 47.7 Å². The van der Waals surface area contributed by atoms with Gasteiger partial charge < -0.3 is 19.9 Å². The third kappa shape index (κ3) is 2.10. The summed E-state index contributed by atoms with van der Waals surface area (Å²) in [7, 11) is 1.87. The Kier molecular flexibility index (Phi) is 3.26. The molecular weight excluding hydrogens is 206 g/mol. The fourth-order valence-electron chi connectivity index (χ4n) is 1.89. The van der Waals surface area contributed by atoms with Crippen LogP contribution in [0.3, 0.4) is 0 Å². The number of aromatic nitrogens is 1. The first-order chi connectivity index (χ1) is 7.72. The second-order valence-corrected chi connectivity index (χ2v) is 3.98. The van der Waals surface area contributed by atoms with Crippen molar-refractivity contribution in [3.8, 4) is 0 Å². The van der Waals surface area contributed by atoms with E-state index in [0.717, 1.165) is 0 Å². The van der Waals surface area contributed by atoms with Crippen LogP contribution in [0.2, 0.25) is 0 Å². The van der Waals surface area contributed by atoms with Crippen LogP contribution < -0.4 is 5.73 Å². The van der Waals surface area contributed by atoms with Gasteiger partial charge in [0.05, 0.1) is 12.7 Å². The van der Waals surface area contributed by atoms with E-state index in [-0.39, 0.29) is 12.0 Å². The first-order valence-electron chi connectivity index (χ1n) is 5.44. The summed E-state index contributed by atoms with van der Waals surface area (Å²) in [6.45, 7) is 2.25. The van der Waals surface area contributed by atoms with E-state index in [9.17, 15) is 4.79 Å². The molecule has 88 valence electrons. The standard InChI is InChI=1S/C11H17N3O2/c1-13-4-2-3-10(13)11(15)14-5-6-16-9(7-12)8-14/h2-4,9H,5-8,12H2,1H3. The summed E-state index contributed by atoms with van der Waals surface area (Å²) in [6.07, 6.45) is 1.84. The van der Waals surface area contributed by atoms with Crippen molar-refractivity contribution in [2.45, 2.75) is 6.10 Å². The summed E-state index contributed by atoms with van der Waals surface area (Å²) in [5, 5.41) is 0. The molecule has 1 aliphatic heterocycles. The van der Waals surface area contributed by atoms with Gasteiger partial charge in [-0.3, -0.25) is 4.79 Å². The number of rotatable bonds is 2. The second-order valence-electron chi connectivity index (χ2n) is 3.98. The summed E-state index contributed by atoms with van der Waals surface area (Å²) in [4.78, 5) is 14.0. The Morgan fingerprint density at radius 3 is 3.12 bits per heavy atom. The van der Waals surface area contributed by atoms with Crippen LogP contribution in [0.4, 0.5) is 0 Å². The van der Waals surface area contributed by atoms with Crippen LogP contribution >= 0.6 is 0 Å². The first kappa shape index (κ1) is 11.2. The zero-order valence-corrected chi connectivity index (χ0v) is 9.43. The van der Waals surface area contributed by atoms with Crippen LogP contribution in [0, 0.1) is 0 Å². The van der Waals surface area contributed by atoms with E-state index >= 15 is 0 Å². The lowest BCUT2D eigenvalue weighted by Crippen LogP contribution is -2.48. The minimum Gasteiger partial charge on any atom is -0.373 e. The summed E-state index contributed by atoms with van der Waals surface area (Å²) >= 11 is 0. The number of carbonyl (C=O) groups is 1. The number of aryl methyl sites for hydroxylation is 1. The summed E-state index contributed by atoms with van der Waals surface area (Å²) < 4.78 is 7.26. The molecular formula is C11H17N3O2. The number of hydrogen-bond donors (Lipinski definition) is 1. The van der Waals surface area contributed by atoms with Crippen LogP contribution in [0.5, 0.6) is 0 Å². The van der Waals surface area contributed by atoms with Gasteiger partial charge in [0, 0.05) is 32.9 Å². The average molecular weight is 223 g/mol. The molecule has 5 heteroatoms. The van der Waals surface area contributed by atoms with Crippen molar-refractivity contribution in [2.24, 2.45) is 12.8 Å². The van der Waals surface area contributed by atoms with Gasteiger partial charge in [-0.15, -0.1) is 0 Å². The van der Waals surface area contributed by atoms with Gasteiger partial charge in [0.25, 0.3) is 5.91 Å². The van der Waals surface area contributed by atoms with Crippen LogP contribution in [0.1, 0.15) is 10.5 Å². The number of ether oxygens (including phenoxy) is 1. The molecule has 0 saturated carbocycles. The van der Waals surface area contributed by atoms with E-state index in [1.54, 1.807) is 4.90 Å². The van der Waals surface area contributed by atoms with E-state index in [2.05, 4.69) is 0 Å². The van der Waals surface area contributed by atoms with E-state index in [0.29, 0.717) is 31.9 Å². The predicted molar refractivity (Wildman–Crippen MR) is 60.1 cm³/mol. The lowest BCUT2D eigenvalue weighted by atomic mass is 10.2. The Hall–Kier alpha value is -1.33. The number of nitrogens with two attached hydrogens (primary N) is 1. The van der Waals surface area contributed by atoms with Crippen molar-refractivity contribution in [2.75, 3.05) is 26.2 Å². The SMILES string of the molecule is Cn1cccc1C(=O)N1CCOC(CN)C1. The molecule has 0 radical (unpaired) electrons. The summed E-state index contributed by atoms with van der Waals surface area (Å²) in [5.41, 5.74) is 6.25. The van der Waals surface area contributed by atoms with Gasteiger partial charge in [0.15, 0.2) is 0 Å². The van der Waals surface area contributed by atoms with Crippen LogP contribution in [0.25, 0.3) is 0 Å². The van der Waals surface area contributed by atoms with E-state index < -0.39 is 0 Å². The molecule has 5 nitrogen and oxygen atoms in total. The fraction of sp³-hybridized carbons (Fsp3) is 0.545. The molecule has 1 amide bonds. The molecule has 0 bridgehead atoms. The molecule has 2 N–H and O–H groups in total. The molecule has 1 fully saturated rings. The smallest absolute Gasteiger partial charge is 0.270 e. The molecule has 0 aromatic carbocycles. The molecule has 1 aromatic rings. The van der Waals surface area contributed by atoms with Crippen molar-refractivity contribution >= 4 is 5.91 Å². The van der Waals surface area contributed by atoms with E-state index in [4.69, 9.17) is 10.5 Å². The number of morpholine rings is 1. The Morgan fingerprint density at radius 2 is 2.50 bits per heavy atom. The highest BCUT2D eigenvalue weighted by Crippen LogP contribution is 2.10. The monoisotopic (exact) mass is 223 g/mol. The van der Waals surface area contributed by atoms with Gasteiger partial charge >= 0.3 is 0 Å². The lowest BCUT2D eigenvalue weighted by molar-refractivity contribution is -0.0170. The molecule has 1 unspecified atom stereocenters. The Bertz CT molecular complexity index is 375. The highest BCUT2D eigenvalue weighted by molar-refractivity contribution is 5.92. The van der Waals surface area contributed by atoms with Crippen molar-refractivity contribution in [1.29, 1.82) is 0 Å². The normalized spacial score (nSPS) is 21.1. The van der Waals surface area contributed by atoms with Gasteiger partial charge in [-0.1, -0.05) is 0 Å². The quantitative estimate of drug-likeness (QED) is 0.757. The molecule has 1 saturated heterocycles. The molecule has 1 aliphatic rings. The average Bonchev–Trinajstić information content (AvgIpc) is 2.74. The van der Waals surface area contributed by atoms with Crippen molar-refractivity contribution < 1.29 is 9.53 Å². The van der Waals surface area contributed by atoms with Crippen molar-refractivity contribution in [1.82, 2.24) is 9.47 Å². The van der Waals surface area contributed by atoms with Gasteiger partial charge in [-0.2, -0.15) is 0 Å². The largest absolute Gasteiger partial charge is 0.373 e.